The number of carbonyl (C=O) groups is 2. The fourth-order valence-corrected chi connectivity index (χ4v) is 3.79. The van der Waals surface area contributed by atoms with Gasteiger partial charge in [-0.3, -0.25) is 9.59 Å². The second-order valence-corrected chi connectivity index (χ2v) is 7.60. The van der Waals surface area contributed by atoms with Gasteiger partial charge < -0.3 is 15.1 Å². The third-order valence-corrected chi connectivity index (χ3v) is 5.73. The van der Waals surface area contributed by atoms with Gasteiger partial charge in [-0.25, -0.2) is 0 Å². The Balaban J connectivity index is 1.67. The standard InChI is InChI=1S/C18H24BrN3O2/c1-3-21-8-10-22(11-9-21)17(24)18(6-7-18)16(23)20-15-5-4-13(2)12-14(15)19/h4-5,12H,3,6-11H2,1-2H3,(H,20,23). The molecule has 1 aliphatic carbocycles. The Morgan fingerprint density at radius 2 is 1.88 bits per heavy atom. The van der Waals surface area contributed by atoms with Crippen LogP contribution in [0.1, 0.15) is 25.3 Å². The van der Waals surface area contributed by atoms with Crippen LogP contribution in [-0.4, -0.2) is 54.3 Å². The molecule has 5 nitrogen and oxygen atoms in total. The highest BCUT2D eigenvalue weighted by atomic mass is 79.9. The first-order valence-electron chi connectivity index (χ1n) is 8.55. The maximum atomic E-state index is 12.9. The molecule has 1 saturated carbocycles. The number of hydrogen-bond donors (Lipinski definition) is 1. The lowest BCUT2D eigenvalue weighted by atomic mass is 10.0. The number of hydrogen-bond acceptors (Lipinski definition) is 3. The summed E-state index contributed by atoms with van der Waals surface area (Å²) in [7, 11) is 0. The molecule has 0 unspecified atom stereocenters. The number of nitrogens with zero attached hydrogens (tertiary/aromatic N) is 2. The number of benzene rings is 1. The van der Waals surface area contributed by atoms with E-state index in [9.17, 15) is 9.59 Å². The summed E-state index contributed by atoms with van der Waals surface area (Å²) in [6.45, 7) is 8.36. The van der Waals surface area contributed by atoms with Crippen molar-refractivity contribution >= 4 is 33.4 Å². The van der Waals surface area contributed by atoms with Crippen LogP contribution >= 0.6 is 15.9 Å². The summed E-state index contributed by atoms with van der Waals surface area (Å²) >= 11 is 3.48. The quantitative estimate of drug-likeness (QED) is 0.799. The number of piperazine rings is 1. The van der Waals surface area contributed by atoms with Crippen LogP contribution in [0, 0.1) is 12.3 Å². The van der Waals surface area contributed by atoms with E-state index in [0.717, 1.165) is 48.4 Å². The molecule has 0 aromatic heterocycles. The van der Waals surface area contributed by atoms with Gasteiger partial charge in [-0.1, -0.05) is 13.0 Å². The predicted octanol–water partition coefficient (Wildman–Crippen LogP) is 2.64. The molecule has 0 spiro atoms. The van der Waals surface area contributed by atoms with Crippen LogP contribution in [0.15, 0.2) is 22.7 Å². The molecular formula is C18H24BrN3O2. The van der Waals surface area contributed by atoms with Crippen LogP contribution in [-0.2, 0) is 9.59 Å². The molecule has 1 saturated heterocycles. The van der Waals surface area contributed by atoms with Gasteiger partial charge >= 0.3 is 0 Å². The molecule has 3 rings (SSSR count). The van der Waals surface area contributed by atoms with E-state index in [1.54, 1.807) is 0 Å². The van der Waals surface area contributed by atoms with Gasteiger partial charge in [0, 0.05) is 30.7 Å². The summed E-state index contributed by atoms with van der Waals surface area (Å²) in [4.78, 5) is 29.8. The number of carbonyl (C=O) groups excluding carboxylic acids is 2. The monoisotopic (exact) mass is 393 g/mol. The molecule has 6 heteroatoms. The lowest BCUT2D eigenvalue weighted by molar-refractivity contribution is -0.143. The van der Waals surface area contributed by atoms with Gasteiger partial charge in [-0.2, -0.15) is 0 Å². The van der Waals surface area contributed by atoms with Crippen LogP contribution in [0.25, 0.3) is 0 Å². The summed E-state index contributed by atoms with van der Waals surface area (Å²) < 4.78 is 0.843. The third-order valence-electron chi connectivity index (χ3n) is 5.07. The molecule has 2 fully saturated rings. The molecule has 1 aromatic carbocycles. The zero-order chi connectivity index (χ0) is 17.3. The summed E-state index contributed by atoms with van der Waals surface area (Å²) in [6, 6.07) is 5.78. The average Bonchev–Trinajstić information content (AvgIpc) is 3.38. The van der Waals surface area contributed by atoms with Crippen LogP contribution < -0.4 is 5.32 Å². The van der Waals surface area contributed by atoms with Crippen molar-refractivity contribution in [3.8, 4) is 0 Å². The summed E-state index contributed by atoms with van der Waals surface area (Å²) in [5.41, 5.74) is 0.991. The Hall–Kier alpha value is -1.40. The van der Waals surface area contributed by atoms with Crippen LogP contribution in [0.5, 0.6) is 0 Å². The molecule has 1 N–H and O–H groups in total. The van der Waals surface area contributed by atoms with Gasteiger partial charge in [0.2, 0.25) is 11.8 Å². The van der Waals surface area contributed by atoms with E-state index in [1.807, 2.05) is 30.0 Å². The average molecular weight is 394 g/mol. The topological polar surface area (TPSA) is 52.7 Å². The number of anilines is 1. The zero-order valence-electron chi connectivity index (χ0n) is 14.3. The molecule has 0 radical (unpaired) electrons. The zero-order valence-corrected chi connectivity index (χ0v) is 15.9. The number of halogens is 1. The van der Waals surface area contributed by atoms with Gasteiger partial charge in [0.15, 0.2) is 0 Å². The summed E-state index contributed by atoms with van der Waals surface area (Å²) in [5, 5.41) is 2.94. The Bertz CT molecular complexity index is 650. The SMILES string of the molecule is CCN1CCN(C(=O)C2(C(=O)Nc3ccc(C)cc3Br)CC2)CC1. The number of likely N-dealkylation sites (N-methyl/N-ethyl adjacent to an activating group) is 1. The molecule has 24 heavy (non-hydrogen) atoms. The van der Waals surface area contributed by atoms with Crippen molar-refractivity contribution in [2.24, 2.45) is 5.41 Å². The minimum atomic E-state index is -0.849. The van der Waals surface area contributed by atoms with E-state index >= 15 is 0 Å². The molecular weight excluding hydrogens is 370 g/mol. The van der Waals surface area contributed by atoms with Crippen molar-refractivity contribution < 1.29 is 9.59 Å². The molecule has 1 aliphatic heterocycles. The maximum Gasteiger partial charge on any atom is 0.240 e. The van der Waals surface area contributed by atoms with Crippen molar-refractivity contribution in [3.05, 3.63) is 28.2 Å². The van der Waals surface area contributed by atoms with Gasteiger partial charge in [0.05, 0.1) is 5.69 Å². The van der Waals surface area contributed by atoms with Crippen molar-refractivity contribution in [1.82, 2.24) is 9.80 Å². The number of rotatable bonds is 4. The van der Waals surface area contributed by atoms with Gasteiger partial charge in [0.25, 0.3) is 0 Å². The Kier molecular flexibility index (Phi) is 4.97. The predicted molar refractivity (Wildman–Crippen MR) is 97.9 cm³/mol. The smallest absolute Gasteiger partial charge is 0.240 e. The number of amides is 2. The van der Waals surface area contributed by atoms with Crippen molar-refractivity contribution in [2.75, 3.05) is 38.0 Å². The van der Waals surface area contributed by atoms with Gasteiger partial charge in [0.1, 0.15) is 5.41 Å². The van der Waals surface area contributed by atoms with Gasteiger partial charge in [-0.15, -0.1) is 0 Å². The van der Waals surface area contributed by atoms with Crippen molar-refractivity contribution in [1.29, 1.82) is 0 Å². The lowest BCUT2D eigenvalue weighted by Gasteiger charge is -2.35. The lowest BCUT2D eigenvalue weighted by Crippen LogP contribution is -2.52. The Labute approximate surface area is 151 Å². The van der Waals surface area contributed by atoms with Gasteiger partial charge in [-0.05, 0) is 59.9 Å². The first-order valence-corrected chi connectivity index (χ1v) is 9.35. The third kappa shape index (κ3) is 3.35. The van der Waals surface area contributed by atoms with Crippen LogP contribution in [0.4, 0.5) is 5.69 Å². The highest BCUT2D eigenvalue weighted by Gasteiger charge is 2.58. The minimum Gasteiger partial charge on any atom is -0.339 e. The van der Waals surface area contributed by atoms with E-state index in [-0.39, 0.29) is 11.8 Å². The molecule has 1 aromatic rings. The highest BCUT2D eigenvalue weighted by molar-refractivity contribution is 9.10. The second-order valence-electron chi connectivity index (χ2n) is 6.75. The van der Waals surface area contributed by atoms with Crippen LogP contribution in [0.3, 0.4) is 0 Å². The second kappa shape index (κ2) is 6.84. The maximum absolute atomic E-state index is 12.9. The summed E-state index contributed by atoms with van der Waals surface area (Å²) in [5.74, 6) is -0.172. The fourth-order valence-electron chi connectivity index (χ4n) is 3.20. The van der Waals surface area contributed by atoms with E-state index in [2.05, 4.69) is 33.1 Å². The first-order chi connectivity index (χ1) is 11.5. The molecule has 2 aliphatic rings. The highest BCUT2D eigenvalue weighted by Crippen LogP contribution is 2.48. The molecule has 0 atom stereocenters. The van der Waals surface area contributed by atoms with Crippen molar-refractivity contribution in [2.45, 2.75) is 26.7 Å². The molecule has 130 valence electrons. The first kappa shape index (κ1) is 17.4. The van der Waals surface area contributed by atoms with Crippen LogP contribution in [0.2, 0.25) is 0 Å². The number of aryl methyl sites for hydroxylation is 1. The van der Waals surface area contributed by atoms with Crippen molar-refractivity contribution in [3.63, 3.8) is 0 Å². The normalized spacial score (nSPS) is 19.9. The van der Waals surface area contributed by atoms with E-state index in [4.69, 9.17) is 0 Å². The Morgan fingerprint density at radius 3 is 2.42 bits per heavy atom. The molecule has 1 heterocycles. The van der Waals surface area contributed by atoms with E-state index in [0.29, 0.717) is 12.8 Å². The fraction of sp³-hybridized carbons (Fsp3) is 0.556. The summed E-state index contributed by atoms with van der Waals surface area (Å²) in [6.07, 6.45) is 1.30. The van der Waals surface area contributed by atoms with E-state index in [1.165, 1.54) is 0 Å². The minimum absolute atomic E-state index is 0.000938. The molecule has 0 bridgehead atoms. The van der Waals surface area contributed by atoms with E-state index < -0.39 is 5.41 Å². The Morgan fingerprint density at radius 1 is 1.21 bits per heavy atom. The molecule has 2 amide bonds. The largest absolute Gasteiger partial charge is 0.339 e. The number of nitrogens with one attached hydrogen (secondary N) is 1.